The molecule has 0 unspecified atom stereocenters. The van der Waals surface area contributed by atoms with E-state index in [1.807, 2.05) is 12.1 Å². The highest BCUT2D eigenvalue weighted by Gasteiger charge is 2.33. The van der Waals surface area contributed by atoms with Crippen molar-refractivity contribution in [2.75, 3.05) is 32.8 Å². The van der Waals surface area contributed by atoms with Crippen LogP contribution in [-0.4, -0.2) is 70.3 Å². The van der Waals surface area contributed by atoms with Gasteiger partial charge in [-0.3, -0.25) is 24.3 Å². The first-order valence-corrected chi connectivity index (χ1v) is 10.7. The minimum Gasteiger partial charge on any atom is -0.485 e. The molecule has 2 aromatic carbocycles. The summed E-state index contributed by atoms with van der Waals surface area (Å²) in [5.41, 5.74) is -0.855. The van der Waals surface area contributed by atoms with Gasteiger partial charge in [0.05, 0.1) is 10.8 Å². The van der Waals surface area contributed by atoms with Crippen molar-refractivity contribution >= 4 is 22.6 Å². The number of fused-ring (bicyclic) bond motifs is 2. The number of aromatic nitrogens is 2. The second-order valence-electron chi connectivity index (χ2n) is 7.95. The molecular formula is C23H22N4O6. The van der Waals surface area contributed by atoms with Gasteiger partial charge in [0, 0.05) is 26.2 Å². The summed E-state index contributed by atoms with van der Waals surface area (Å²) in [4.78, 5) is 53.8. The molecule has 10 heteroatoms. The van der Waals surface area contributed by atoms with Crippen LogP contribution in [0.5, 0.6) is 11.5 Å². The molecule has 1 fully saturated rings. The molecule has 1 N–H and O–H groups in total. The first-order valence-electron chi connectivity index (χ1n) is 10.7. The maximum Gasteiger partial charge on any atom is 0.273 e. The monoisotopic (exact) mass is 450 g/mol. The van der Waals surface area contributed by atoms with Crippen LogP contribution in [-0.2, 0) is 16.1 Å². The van der Waals surface area contributed by atoms with Gasteiger partial charge in [0.2, 0.25) is 12.0 Å². The third-order valence-electron chi connectivity index (χ3n) is 5.91. The number of amides is 2. The standard InChI is InChI=1S/C23H22N4O6/c28-20(13-27-22(30)16-6-2-1-5-15(16)21(29)24-27)25-9-11-26(12-10-25)23(31)19-14-32-17-7-3-4-8-18(17)33-19/h1-8,19H,9-14H2,(H,24,29)/t19-/m0/s1. The predicted molar refractivity (Wildman–Crippen MR) is 118 cm³/mol. The number of carbonyl (C=O) groups is 2. The molecule has 33 heavy (non-hydrogen) atoms. The molecule has 0 spiro atoms. The summed E-state index contributed by atoms with van der Waals surface area (Å²) in [5.74, 6) is 0.651. The molecule has 2 aliphatic rings. The number of carbonyl (C=O) groups excluding carboxylic acids is 2. The fraction of sp³-hybridized carbons (Fsp3) is 0.304. The maximum absolute atomic E-state index is 12.9. The van der Waals surface area contributed by atoms with Gasteiger partial charge >= 0.3 is 0 Å². The number of H-pyrrole nitrogens is 1. The minimum atomic E-state index is -0.733. The van der Waals surface area contributed by atoms with Crippen LogP contribution in [0.2, 0.25) is 0 Å². The molecule has 1 aromatic heterocycles. The Morgan fingerprint density at radius 2 is 1.52 bits per heavy atom. The zero-order chi connectivity index (χ0) is 22.9. The quantitative estimate of drug-likeness (QED) is 0.610. The molecule has 170 valence electrons. The number of hydrogen-bond donors (Lipinski definition) is 1. The highest BCUT2D eigenvalue weighted by Crippen LogP contribution is 2.31. The molecular weight excluding hydrogens is 428 g/mol. The van der Waals surface area contributed by atoms with Crippen LogP contribution in [0.25, 0.3) is 10.8 Å². The summed E-state index contributed by atoms with van der Waals surface area (Å²) in [6, 6.07) is 13.7. The van der Waals surface area contributed by atoms with Crippen molar-refractivity contribution in [2.45, 2.75) is 12.6 Å². The zero-order valence-corrected chi connectivity index (χ0v) is 17.7. The Hall–Kier alpha value is -4.08. The van der Waals surface area contributed by atoms with E-state index >= 15 is 0 Å². The maximum atomic E-state index is 12.9. The van der Waals surface area contributed by atoms with Gasteiger partial charge in [0.15, 0.2) is 11.5 Å². The molecule has 2 aliphatic heterocycles. The largest absolute Gasteiger partial charge is 0.485 e. The zero-order valence-electron chi connectivity index (χ0n) is 17.7. The van der Waals surface area contributed by atoms with E-state index in [1.54, 1.807) is 46.2 Å². The SMILES string of the molecule is O=C(Cn1[nH]c(=O)c2ccccc2c1=O)N1CCN(C(=O)[C@@H]2COc3ccccc3O2)CC1. The van der Waals surface area contributed by atoms with Gasteiger partial charge < -0.3 is 19.3 Å². The van der Waals surface area contributed by atoms with Crippen LogP contribution in [0, 0.1) is 0 Å². The summed E-state index contributed by atoms with van der Waals surface area (Å²) in [7, 11) is 0. The molecule has 3 aromatic rings. The van der Waals surface area contributed by atoms with Crippen LogP contribution >= 0.6 is 0 Å². The highest BCUT2D eigenvalue weighted by atomic mass is 16.6. The van der Waals surface area contributed by atoms with Gasteiger partial charge in [-0.05, 0) is 24.3 Å². The average molecular weight is 450 g/mol. The second kappa shape index (κ2) is 8.45. The third-order valence-corrected chi connectivity index (χ3v) is 5.91. The van der Waals surface area contributed by atoms with E-state index in [-0.39, 0.29) is 35.7 Å². The highest BCUT2D eigenvalue weighted by molar-refractivity contribution is 5.83. The van der Waals surface area contributed by atoms with Crippen LogP contribution in [0.1, 0.15) is 0 Å². The Labute approximate surface area is 187 Å². The Morgan fingerprint density at radius 1 is 0.879 bits per heavy atom. The number of ether oxygens (including phenoxy) is 2. The Balaban J connectivity index is 1.21. The van der Waals surface area contributed by atoms with Crippen molar-refractivity contribution < 1.29 is 19.1 Å². The van der Waals surface area contributed by atoms with E-state index < -0.39 is 17.2 Å². The average Bonchev–Trinajstić information content (AvgIpc) is 2.86. The molecule has 10 nitrogen and oxygen atoms in total. The lowest BCUT2D eigenvalue weighted by atomic mass is 10.2. The van der Waals surface area contributed by atoms with Crippen LogP contribution in [0.15, 0.2) is 58.1 Å². The van der Waals surface area contributed by atoms with Gasteiger partial charge in [-0.1, -0.05) is 24.3 Å². The fourth-order valence-electron chi connectivity index (χ4n) is 4.11. The number of piperazine rings is 1. The number of para-hydroxylation sites is 2. The van der Waals surface area contributed by atoms with Gasteiger partial charge in [-0.15, -0.1) is 0 Å². The second-order valence-corrected chi connectivity index (χ2v) is 7.95. The van der Waals surface area contributed by atoms with Crippen LogP contribution in [0.3, 0.4) is 0 Å². The van der Waals surface area contributed by atoms with E-state index in [1.165, 1.54) is 0 Å². The lowest BCUT2D eigenvalue weighted by Gasteiger charge is -2.37. The lowest BCUT2D eigenvalue weighted by molar-refractivity contribution is -0.146. The Morgan fingerprint density at radius 3 is 2.27 bits per heavy atom. The van der Waals surface area contributed by atoms with E-state index in [2.05, 4.69) is 5.10 Å². The number of nitrogens with zero attached hydrogens (tertiary/aromatic N) is 3. The van der Waals surface area contributed by atoms with Gasteiger partial charge in [-0.25, -0.2) is 4.68 Å². The van der Waals surface area contributed by atoms with Crippen molar-refractivity contribution in [3.63, 3.8) is 0 Å². The first kappa shape index (κ1) is 20.8. The number of rotatable bonds is 3. The lowest BCUT2D eigenvalue weighted by Crippen LogP contribution is -2.55. The van der Waals surface area contributed by atoms with E-state index in [0.717, 1.165) is 4.68 Å². The van der Waals surface area contributed by atoms with E-state index in [9.17, 15) is 19.2 Å². The molecule has 2 amide bonds. The van der Waals surface area contributed by atoms with E-state index in [4.69, 9.17) is 9.47 Å². The minimum absolute atomic E-state index is 0.132. The van der Waals surface area contributed by atoms with Gasteiger partial charge in [0.25, 0.3) is 17.0 Å². The first-order chi connectivity index (χ1) is 16.0. The molecule has 3 heterocycles. The number of aromatic amines is 1. The summed E-state index contributed by atoms with van der Waals surface area (Å²) in [6.45, 7) is 1.18. The van der Waals surface area contributed by atoms with Crippen molar-refractivity contribution in [2.24, 2.45) is 0 Å². The van der Waals surface area contributed by atoms with Crippen molar-refractivity contribution in [3.05, 3.63) is 69.2 Å². The van der Waals surface area contributed by atoms with Crippen molar-refractivity contribution in [1.29, 1.82) is 0 Å². The van der Waals surface area contributed by atoms with Crippen molar-refractivity contribution in [3.8, 4) is 11.5 Å². The molecule has 0 aliphatic carbocycles. The Bertz CT molecular complexity index is 1340. The van der Waals surface area contributed by atoms with E-state index in [0.29, 0.717) is 37.7 Å². The number of hydrogen-bond acceptors (Lipinski definition) is 6. The normalized spacial score (nSPS) is 17.8. The molecule has 0 radical (unpaired) electrons. The van der Waals surface area contributed by atoms with Crippen LogP contribution in [0.4, 0.5) is 0 Å². The smallest absolute Gasteiger partial charge is 0.273 e. The van der Waals surface area contributed by atoms with Gasteiger partial charge in [0.1, 0.15) is 13.2 Å². The molecule has 0 saturated carbocycles. The summed E-state index contributed by atoms with van der Waals surface area (Å²) in [5, 5.41) is 3.02. The summed E-state index contributed by atoms with van der Waals surface area (Å²) in [6.07, 6.45) is -0.733. The van der Waals surface area contributed by atoms with Crippen molar-refractivity contribution in [1.82, 2.24) is 19.6 Å². The number of benzene rings is 2. The third kappa shape index (κ3) is 3.95. The topological polar surface area (TPSA) is 114 Å². The Kier molecular flexibility index (Phi) is 5.33. The molecule has 0 bridgehead atoms. The summed E-state index contributed by atoms with van der Waals surface area (Å²) < 4.78 is 12.5. The predicted octanol–water partition coefficient (Wildman–Crippen LogP) is 0.201. The molecule has 1 saturated heterocycles. The molecule has 1 atom stereocenters. The van der Waals surface area contributed by atoms with Crippen LogP contribution < -0.4 is 20.6 Å². The summed E-state index contributed by atoms with van der Waals surface area (Å²) >= 11 is 0. The number of nitrogens with one attached hydrogen (secondary N) is 1. The van der Waals surface area contributed by atoms with Gasteiger partial charge in [-0.2, -0.15) is 0 Å². The molecule has 5 rings (SSSR count). The fourth-order valence-corrected chi connectivity index (χ4v) is 4.11.